The van der Waals surface area contributed by atoms with Gasteiger partial charge in [0.1, 0.15) is 17.4 Å². The van der Waals surface area contributed by atoms with Gasteiger partial charge >= 0.3 is 18.0 Å². The van der Waals surface area contributed by atoms with E-state index in [1.165, 1.54) is 12.1 Å². The average Bonchev–Trinajstić information content (AvgIpc) is 3.00. The van der Waals surface area contributed by atoms with Crippen LogP contribution in [0.3, 0.4) is 0 Å². The van der Waals surface area contributed by atoms with Crippen LogP contribution < -0.4 is 4.74 Å². The minimum Gasteiger partial charge on any atom is -0.429 e. The Bertz CT molecular complexity index is 1540. The van der Waals surface area contributed by atoms with Gasteiger partial charge in [0.25, 0.3) is 0 Å². The highest BCUT2D eigenvalue weighted by molar-refractivity contribution is 5.38. The summed E-state index contributed by atoms with van der Waals surface area (Å²) in [6, 6.07) is 3.26. The first-order valence-electron chi connectivity index (χ1n) is 14.1. The summed E-state index contributed by atoms with van der Waals surface area (Å²) in [7, 11) is 0. The number of alkyl halides is 6. The van der Waals surface area contributed by atoms with Gasteiger partial charge in [-0.3, -0.25) is 0 Å². The molecule has 4 rings (SSSR count). The van der Waals surface area contributed by atoms with Crippen LogP contribution in [-0.4, -0.2) is 19.5 Å². The summed E-state index contributed by atoms with van der Waals surface area (Å²) in [4.78, 5) is 0. The summed E-state index contributed by atoms with van der Waals surface area (Å²) < 4.78 is 173. The van der Waals surface area contributed by atoms with Gasteiger partial charge in [0.05, 0.1) is 24.3 Å². The Labute approximate surface area is 262 Å². The summed E-state index contributed by atoms with van der Waals surface area (Å²) in [5, 5.41) is 0. The molecule has 3 aromatic carbocycles. The van der Waals surface area contributed by atoms with Crippen LogP contribution in [0, 0.1) is 35.0 Å². The average molecular weight is 681 g/mol. The zero-order valence-electron chi connectivity index (χ0n) is 24.3. The van der Waals surface area contributed by atoms with E-state index in [9.17, 15) is 48.3 Å². The van der Waals surface area contributed by atoms with Crippen molar-refractivity contribution >= 4 is 0 Å². The van der Waals surface area contributed by atoms with Crippen molar-refractivity contribution in [1.82, 2.24) is 0 Å². The first-order chi connectivity index (χ1) is 22.1. The molecule has 3 nitrogen and oxygen atoms in total. The first-order valence-corrected chi connectivity index (χ1v) is 14.1. The molecule has 0 aliphatic carbocycles. The minimum atomic E-state index is -5.83. The molecule has 3 aromatic rings. The molecule has 254 valence electrons. The summed E-state index contributed by atoms with van der Waals surface area (Å²) in [6.45, 7) is 4.82. The number of hydrogen-bond donors (Lipinski definition) is 0. The van der Waals surface area contributed by atoms with Gasteiger partial charge in [0.15, 0.2) is 23.7 Å². The molecule has 1 saturated heterocycles. The van der Waals surface area contributed by atoms with E-state index >= 15 is 0 Å². The Balaban J connectivity index is 1.40. The Morgan fingerprint density at radius 2 is 1.32 bits per heavy atom. The van der Waals surface area contributed by atoms with E-state index in [2.05, 4.69) is 11.3 Å². The molecular formula is C33H27F11O3. The van der Waals surface area contributed by atoms with Gasteiger partial charge < -0.3 is 14.2 Å². The largest absolute Gasteiger partial charge is 0.429 e. The van der Waals surface area contributed by atoms with E-state index < -0.39 is 87.9 Å². The van der Waals surface area contributed by atoms with Gasteiger partial charge in [-0.25, -0.2) is 22.0 Å². The molecule has 0 bridgehead atoms. The third-order valence-corrected chi connectivity index (χ3v) is 7.27. The fraction of sp³-hybridized carbons (Fsp3) is 0.333. The van der Waals surface area contributed by atoms with Crippen LogP contribution in [0.25, 0.3) is 0 Å². The fourth-order valence-electron chi connectivity index (χ4n) is 4.69. The summed E-state index contributed by atoms with van der Waals surface area (Å²) in [6.07, 6.45) is 3.34. The lowest BCUT2D eigenvalue weighted by molar-refractivity contribution is -0.227. The lowest BCUT2D eigenvalue weighted by atomic mass is 9.94. The number of hydrogen-bond acceptors (Lipinski definition) is 3. The van der Waals surface area contributed by atoms with Crippen LogP contribution in [0.5, 0.6) is 5.75 Å². The Morgan fingerprint density at radius 1 is 0.745 bits per heavy atom. The zero-order valence-corrected chi connectivity index (χ0v) is 24.3. The van der Waals surface area contributed by atoms with E-state index in [-0.39, 0.29) is 12.1 Å². The Morgan fingerprint density at radius 3 is 1.87 bits per heavy atom. The molecule has 0 atom stereocenters. The van der Waals surface area contributed by atoms with Gasteiger partial charge in [-0.2, -0.15) is 26.3 Å². The van der Waals surface area contributed by atoms with Crippen LogP contribution in [-0.2, 0) is 33.8 Å². The second kappa shape index (κ2) is 14.5. The number of rotatable bonds is 13. The molecule has 47 heavy (non-hydrogen) atoms. The summed E-state index contributed by atoms with van der Waals surface area (Å²) in [5.74, 6) is -24.2. The van der Waals surface area contributed by atoms with Crippen molar-refractivity contribution in [2.24, 2.45) is 5.92 Å². The smallest absolute Gasteiger partial charge is 0.426 e. The predicted molar refractivity (Wildman–Crippen MR) is 147 cm³/mol. The van der Waals surface area contributed by atoms with Crippen molar-refractivity contribution < 1.29 is 62.5 Å². The molecule has 0 spiro atoms. The quantitative estimate of drug-likeness (QED) is 0.102. The van der Waals surface area contributed by atoms with Crippen molar-refractivity contribution in [2.45, 2.75) is 49.9 Å². The standard InChI is InChI=1S/C33H27F11O3/c1-2-3-6-20-17-45-28(46-18-20)8-5-4-7-19-9-11-21(12-10-19)33(43,44)47-23-15-24(34)29(25(35)16-23)32(41,42)31(39,40)22-13-26(36)30(38)27(37)14-22/h2,4-5,9-16,20,28H,1,3,6-8,17-18H2/b5-4-. The molecule has 1 aliphatic heterocycles. The van der Waals surface area contributed by atoms with Gasteiger partial charge in [-0.1, -0.05) is 30.4 Å². The second-order valence-electron chi connectivity index (χ2n) is 10.7. The first kappa shape index (κ1) is 35.9. The molecule has 1 heterocycles. The van der Waals surface area contributed by atoms with Crippen molar-refractivity contribution in [3.05, 3.63) is 125 Å². The van der Waals surface area contributed by atoms with Gasteiger partial charge in [0.2, 0.25) is 0 Å². The van der Waals surface area contributed by atoms with E-state index in [0.717, 1.165) is 25.0 Å². The topological polar surface area (TPSA) is 27.7 Å². The second-order valence-corrected chi connectivity index (χ2v) is 10.7. The molecule has 0 N–H and O–H groups in total. The SMILES string of the molecule is C=CCCC1COC(C/C=C\Cc2ccc(C(F)(F)Oc3cc(F)c(C(F)(F)C(F)(F)c4cc(F)c(F)c(F)c4)c(F)c3)cc2)OC1. The number of ether oxygens (including phenoxy) is 3. The fourth-order valence-corrected chi connectivity index (χ4v) is 4.69. The van der Waals surface area contributed by atoms with Gasteiger partial charge in [-0.15, -0.1) is 6.58 Å². The van der Waals surface area contributed by atoms with Crippen LogP contribution in [0.2, 0.25) is 0 Å². The van der Waals surface area contributed by atoms with E-state index in [1.807, 2.05) is 12.2 Å². The summed E-state index contributed by atoms with van der Waals surface area (Å²) >= 11 is 0. The van der Waals surface area contributed by atoms with Crippen molar-refractivity contribution in [3.8, 4) is 5.75 Å². The maximum absolute atomic E-state index is 14.8. The highest BCUT2D eigenvalue weighted by atomic mass is 19.3. The molecule has 0 aromatic heterocycles. The maximum atomic E-state index is 14.8. The Hall–Kier alpha value is -3.91. The van der Waals surface area contributed by atoms with E-state index in [4.69, 9.17) is 9.47 Å². The summed E-state index contributed by atoms with van der Waals surface area (Å²) in [5.41, 5.74) is -4.93. The normalized spacial score (nSPS) is 17.7. The monoisotopic (exact) mass is 680 g/mol. The van der Waals surface area contributed by atoms with Crippen LogP contribution in [0.15, 0.2) is 73.3 Å². The molecule has 0 amide bonds. The van der Waals surface area contributed by atoms with Crippen LogP contribution >= 0.6 is 0 Å². The molecule has 0 unspecified atom stereocenters. The number of halogens is 11. The maximum Gasteiger partial charge on any atom is 0.426 e. The minimum absolute atomic E-state index is 0.178. The molecule has 1 fully saturated rings. The van der Waals surface area contributed by atoms with Gasteiger partial charge in [-0.05, 0) is 49.1 Å². The molecule has 0 saturated carbocycles. The van der Waals surface area contributed by atoms with Crippen molar-refractivity contribution in [3.63, 3.8) is 0 Å². The highest BCUT2D eigenvalue weighted by Gasteiger charge is 2.61. The number of allylic oxidation sites excluding steroid dienone is 2. The van der Waals surface area contributed by atoms with Crippen molar-refractivity contribution in [1.29, 1.82) is 0 Å². The third-order valence-electron chi connectivity index (χ3n) is 7.27. The van der Waals surface area contributed by atoms with E-state index in [1.54, 1.807) is 6.08 Å². The van der Waals surface area contributed by atoms with Gasteiger partial charge in [0, 0.05) is 30.0 Å². The van der Waals surface area contributed by atoms with Crippen LogP contribution in [0.1, 0.15) is 41.5 Å². The molecular weight excluding hydrogens is 653 g/mol. The van der Waals surface area contributed by atoms with Crippen molar-refractivity contribution in [2.75, 3.05) is 13.2 Å². The van der Waals surface area contributed by atoms with E-state index in [0.29, 0.717) is 37.5 Å². The molecule has 14 heteroatoms. The molecule has 0 radical (unpaired) electrons. The highest BCUT2D eigenvalue weighted by Crippen LogP contribution is 2.52. The molecule has 1 aliphatic rings. The lowest BCUT2D eigenvalue weighted by Crippen LogP contribution is -2.37. The number of benzene rings is 3. The lowest BCUT2D eigenvalue weighted by Gasteiger charge is -2.28. The third kappa shape index (κ3) is 8.15. The Kier molecular flexibility index (Phi) is 11.1. The predicted octanol–water partition coefficient (Wildman–Crippen LogP) is 9.84. The zero-order chi connectivity index (χ0) is 34.6. The van der Waals surface area contributed by atoms with Crippen LogP contribution in [0.4, 0.5) is 48.3 Å².